The summed E-state index contributed by atoms with van der Waals surface area (Å²) in [5.74, 6) is 0.975. The van der Waals surface area contributed by atoms with Crippen LogP contribution in [0.5, 0.6) is 0 Å². The Kier molecular flexibility index (Phi) is 3.50. The van der Waals surface area contributed by atoms with Crippen molar-refractivity contribution < 1.29 is 8.42 Å². The third-order valence-electron chi connectivity index (χ3n) is 3.45. The van der Waals surface area contributed by atoms with Gasteiger partial charge in [-0.3, -0.25) is 4.72 Å². The molecule has 3 rings (SSSR count). The van der Waals surface area contributed by atoms with Gasteiger partial charge in [0.25, 0.3) is 0 Å². The molecule has 1 aromatic carbocycles. The monoisotopic (exact) mass is 304 g/mol. The lowest BCUT2D eigenvalue weighted by atomic mass is 10.2. The van der Waals surface area contributed by atoms with Gasteiger partial charge >= 0.3 is 0 Å². The molecule has 0 bridgehead atoms. The normalized spacial score (nSPS) is 14.0. The van der Waals surface area contributed by atoms with Crippen LogP contribution in [-0.2, 0) is 16.4 Å². The van der Waals surface area contributed by atoms with Gasteiger partial charge in [0.1, 0.15) is 0 Å². The molecule has 0 unspecified atom stereocenters. The van der Waals surface area contributed by atoms with Crippen molar-refractivity contribution >= 4 is 27.3 Å². The van der Waals surface area contributed by atoms with Crippen LogP contribution < -0.4 is 9.62 Å². The van der Waals surface area contributed by atoms with Crippen molar-refractivity contribution in [2.75, 3.05) is 21.9 Å². The van der Waals surface area contributed by atoms with Gasteiger partial charge in [-0.2, -0.15) is 0 Å². The molecule has 0 aliphatic carbocycles. The third kappa shape index (κ3) is 2.82. The second kappa shape index (κ2) is 5.33. The molecular formula is C14H16N4O2S. The summed E-state index contributed by atoms with van der Waals surface area (Å²) in [6.07, 6.45) is 0.974. The maximum atomic E-state index is 11.5. The Balaban J connectivity index is 1.83. The number of sulfonamides is 1. The minimum atomic E-state index is -3.32. The van der Waals surface area contributed by atoms with E-state index in [2.05, 4.69) is 32.0 Å². The van der Waals surface area contributed by atoms with E-state index in [9.17, 15) is 8.42 Å². The lowest BCUT2D eigenvalue weighted by Crippen LogP contribution is -2.18. The van der Waals surface area contributed by atoms with E-state index in [0.717, 1.165) is 24.5 Å². The van der Waals surface area contributed by atoms with Crippen molar-refractivity contribution in [3.05, 3.63) is 42.0 Å². The number of hydrogen-bond acceptors (Lipinski definition) is 5. The number of anilines is 3. The van der Waals surface area contributed by atoms with Gasteiger partial charge in [0.15, 0.2) is 11.6 Å². The number of benzene rings is 1. The first-order chi connectivity index (χ1) is 10.1. The second-order valence-electron chi connectivity index (χ2n) is 4.81. The highest BCUT2D eigenvalue weighted by molar-refractivity contribution is 7.92. The topological polar surface area (TPSA) is 75.2 Å². The smallest absolute Gasteiger partial charge is 0.233 e. The molecule has 1 aliphatic rings. The molecule has 0 radical (unpaired) electrons. The van der Waals surface area contributed by atoms with E-state index >= 15 is 0 Å². The molecule has 2 heterocycles. The van der Waals surface area contributed by atoms with Gasteiger partial charge < -0.3 is 4.90 Å². The molecule has 0 spiro atoms. The Morgan fingerprint density at radius 1 is 1.19 bits per heavy atom. The van der Waals surface area contributed by atoms with Crippen LogP contribution in [0.1, 0.15) is 12.5 Å². The SMILES string of the molecule is CCS(=O)(=O)Nc1ccc(N2CCc3ccccc32)nn1. The zero-order valence-corrected chi connectivity index (χ0v) is 12.5. The zero-order chi connectivity index (χ0) is 14.9. The zero-order valence-electron chi connectivity index (χ0n) is 11.7. The molecule has 0 saturated heterocycles. The van der Waals surface area contributed by atoms with E-state index < -0.39 is 10.0 Å². The third-order valence-corrected chi connectivity index (χ3v) is 4.73. The summed E-state index contributed by atoms with van der Waals surface area (Å²) in [6, 6.07) is 11.6. The summed E-state index contributed by atoms with van der Waals surface area (Å²) in [7, 11) is -3.32. The molecule has 1 N–H and O–H groups in total. The summed E-state index contributed by atoms with van der Waals surface area (Å²) in [6.45, 7) is 2.43. The Labute approximate surface area is 123 Å². The van der Waals surface area contributed by atoms with Gasteiger partial charge in [-0.25, -0.2) is 8.42 Å². The molecule has 0 amide bonds. The number of aromatic nitrogens is 2. The number of nitrogens with one attached hydrogen (secondary N) is 1. The van der Waals surface area contributed by atoms with Crippen molar-refractivity contribution in [1.82, 2.24) is 10.2 Å². The van der Waals surface area contributed by atoms with E-state index in [0.29, 0.717) is 0 Å². The largest absolute Gasteiger partial charge is 0.324 e. The quantitative estimate of drug-likeness (QED) is 0.934. The summed E-state index contributed by atoms with van der Waals surface area (Å²) in [5.41, 5.74) is 2.42. The maximum absolute atomic E-state index is 11.5. The average molecular weight is 304 g/mol. The molecule has 110 valence electrons. The van der Waals surface area contributed by atoms with E-state index in [1.54, 1.807) is 19.1 Å². The summed E-state index contributed by atoms with van der Waals surface area (Å²) >= 11 is 0. The molecule has 2 aromatic rings. The minimum absolute atomic E-state index is 0.00985. The van der Waals surface area contributed by atoms with Gasteiger partial charge in [-0.05, 0) is 37.1 Å². The summed E-state index contributed by atoms with van der Waals surface area (Å²) < 4.78 is 25.4. The molecule has 1 aliphatic heterocycles. The van der Waals surface area contributed by atoms with E-state index in [1.165, 1.54) is 5.56 Å². The highest BCUT2D eigenvalue weighted by Crippen LogP contribution is 2.32. The van der Waals surface area contributed by atoms with Crippen LogP contribution in [0.25, 0.3) is 0 Å². The van der Waals surface area contributed by atoms with Crippen LogP contribution >= 0.6 is 0 Å². The Morgan fingerprint density at radius 2 is 2.00 bits per heavy atom. The molecule has 1 aromatic heterocycles. The molecule has 7 heteroatoms. The van der Waals surface area contributed by atoms with Gasteiger partial charge in [0.2, 0.25) is 10.0 Å². The number of nitrogens with zero attached hydrogens (tertiary/aromatic N) is 3. The molecule has 6 nitrogen and oxygen atoms in total. The first-order valence-corrected chi connectivity index (χ1v) is 8.44. The fourth-order valence-corrected chi connectivity index (χ4v) is 2.90. The molecule has 0 saturated carbocycles. The standard InChI is InChI=1S/C14H16N4O2S/c1-2-21(19,20)17-13-7-8-14(16-15-13)18-10-9-11-5-3-4-6-12(11)18/h3-8H,2,9-10H2,1H3,(H,15,17). The Hall–Kier alpha value is -2.15. The van der Waals surface area contributed by atoms with Crippen LogP contribution in [-0.4, -0.2) is 30.9 Å². The average Bonchev–Trinajstić information content (AvgIpc) is 2.92. The number of hydrogen-bond donors (Lipinski definition) is 1. The van der Waals surface area contributed by atoms with Gasteiger partial charge in [0, 0.05) is 12.2 Å². The van der Waals surface area contributed by atoms with Crippen LogP contribution in [0.3, 0.4) is 0 Å². The predicted molar refractivity (Wildman–Crippen MR) is 82.3 cm³/mol. The Bertz CT molecular complexity index is 744. The van der Waals surface area contributed by atoms with E-state index in [-0.39, 0.29) is 11.6 Å². The van der Waals surface area contributed by atoms with Crippen molar-refractivity contribution in [3.63, 3.8) is 0 Å². The fourth-order valence-electron chi connectivity index (χ4n) is 2.33. The van der Waals surface area contributed by atoms with Crippen LogP contribution in [0.4, 0.5) is 17.3 Å². The van der Waals surface area contributed by atoms with Crippen molar-refractivity contribution in [3.8, 4) is 0 Å². The van der Waals surface area contributed by atoms with Crippen molar-refractivity contribution in [1.29, 1.82) is 0 Å². The van der Waals surface area contributed by atoms with Crippen molar-refractivity contribution in [2.45, 2.75) is 13.3 Å². The van der Waals surface area contributed by atoms with Crippen LogP contribution in [0, 0.1) is 0 Å². The van der Waals surface area contributed by atoms with Gasteiger partial charge in [-0.15, -0.1) is 10.2 Å². The summed E-state index contributed by atoms with van der Waals surface area (Å²) in [5, 5.41) is 8.07. The van der Waals surface area contributed by atoms with Crippen LogP contribution in [0.2, 0.25) is 0 Å². The van der Waals surface area contributed by atoms with Gasteiger partial charge in [-0.1, -0.05) is 18.2 Å². The van der Waals surface area contributed by atoms with E-state index in [1.807, 2.05) is 12.1 Å². The molecule has 0 fully saturated rings. The highest BCUT2D eigenvalue weighted by atomic mass is 32.2. The van der Waals surface area contributed by atoms with Crippen LogP contribution in [0.15, 0.2) is 36.4 Å². The minimum Gasteiger partial charge on any atom is -0.324 e. The lowest BCUT2D eigenvalue weighted by molar-refractivity contribution is 0.602. The lowest BCUT2D eigenvalue weighted by Gasteiger charge is -2.17. The number of fused-ring (bicyclic) bond motifs is 1. The number of para-hydroxylation sites is 1. The fraction of sp³-hybridized carbons (Fsp3) is 0.286. The second-order valence-corrected chi connectivity index (χ2v) is 6.82. The first-order valence-electron chi connectivity index (χ1n) is 6.79. The highest BCUT2D eigenvalue weighted by Gasteiger charge is 2.21. The first kappa shape index (κ1) is 13.8. The maximum Gasteiger partial charge on any atom is 0.233 e. The Morgan fingerprint density at radius 3 is 2.71 bits per heavy atom. The van der Waals surface area contributed by atoms with Crippen molar-refractivity contribution in [2.24, 2.45) is 0 Å². The molecule has 0 atom stereocenters. The van der Waals surface area contributed by atoms with E-state index in [4.69, 9.17) is 0 Å². The summed E-state index contributed by atoms with van der Waals surface area (Å²) in [4.78, 5) is 2.08. The number of rotatable bonds is 4. The predicted octanol–water partition coefficient (Wildman–Crippen LogP) is 1.93. The van der Waals surface area contributed by atoms with Gasteiger partial charge in [0.05, 0.1) is 5.75 Å². The molecular weight excluding hydrogens is 288 g/mol. The molecule has 21 heavy (non-hydrogen) atoms.